The van der Waals surface area contributed by atoms with E-state index in [1.165, 1.54) is 45.1 Å². The van der Waals surface area contributed by atoms with Crippen molar-refractivity contribution in [1.82, 2.24) is 5.32 Å². The maximum atomic E-state index is 3.80. The molecule has 96 valence electrons. The van der Waals surface area contributed by atoms with E-state index in [1.54, 1.807) is 0 Å². The van der Waals surface area contributed by atoms with Crippen LogP contribution in [-0.2, 0) is 0 Å². The van der Waals surface area contributed by atoms with Crippen LogP contribution in [-0.4, -0.2) is 12.6 Å². The molecule has 1 saturated carbocycles. The summed E-state index contributed by atoms with van der Waals surface area (Å²) in [7, 11) is 0. The van der Waals surface area contributed by atoms with Crippen molar-refractivity contribution in [3.05, 3.63) is 0 Å². The third kappa shape index (κ3) is 3.76. The van der Waals surface area contributed by atoms with E-state index in [4.69, 9.17) is 0 Å². The Labute approximate surface area is 102 Å². The van der Waals surface area contributed by atoms with E-state index >= 15 is 0 Å². The van der Waals surface area contributed by atoms with Gasteiger partial charge in [-0.3, -0.25) is 0 Å². The molecule has 0 spiro atoms. The molecule has 1 N–H and O–H groups in total. The van der Waals surface area contributed by atoms with E-state index in [1.807, 2.05) is 0 Å². The van der Waals surface area contributed by atoms with Gasteiger partial charge in [-0.2, -0.15) is 0 Å². The second-order valence-corrected chi connectivity index (χ2v) is 5.81. The van der Waals surface area contributed by atoms with E-state index in [9.17, 15) is 0 Å². The van der Waals surface area contributed by atoms with Gasteiger partial charge in [0.15, 0.2) is 0 Å². The molecule has 3 atom stereocenters. The zero-order valence-corrected chi connectivity index (χ0v) is 11.8. The average Bonchev–Trinajstić information content (AvgIpc) is 2.25. The van der Waals surface area contributed by atoms with Crippen LogP contribution in [0.15, 0.2) is 0 Å². The molecule has 16 heavy (non-hydrogen) atoms. The molecule has 1 rings (SSSR count). The molecule has 0 amide bonds. The van der Waals surface area contributed by atoms with E-state index in [0.29, 0.717) is 0 Å². The van der Waals surface area contributed by atoms with Crippen molar-refractivity contribution < 1.29 is 0 Å². The summed E-state index contributed by atoms with van der Waals surface area (Å²) in [4.78, 5) is 0. The topological polar surface area (TPSA) is 12.0 Å². The first kappa shape index (κ1) is 14.0. The Bertz CT molecular complexity index is 168. The first-order chi connectivity index (χ1) is 7.70. The summed E-state index contributed by atoms with van der Waals surface area (Å²) >= 11 is 0. The molecule has 0 heterocycles. The van der Waals surface area contributed by atoms with E-state index in [-0.39, 0.29) is 0 Å². The van der Waals surface area contributed by atoms with Crippen LogP contribution in [0.3, 0.4) is 0 Å². The first-order valence-corrected chi connectivity index (χ1v) is 7.44. The third-order valence-electron chi connectivity index (χ3n) is 4.35. The number of hydrogen-bond donors (Lipinski definition) is 1. The van der Waals surface area contributed by atoms with Crippen LogP contribution in [0.1, 0.15) is 66.2 Å². The molecule has 1 nitrogen and oxygen atoms in total. The minimum Gasteiger partial charge on any atom is -0.314 e. The number of nitrogens with one attached hydrogen (secondary N) is 1. The van der Waals surface area contributed by atoms with E-state index in [2.05, 4.69) is 33.0 Å². The minimum atomic E-state index is 0.773. The van der Waals surface area contributed by atoms with Crippen molar-refractivity contribution in [2.75, 3.05) is 6.54 Å². The van der Waals surface area contributed by atoms with Gasteiger partial charge < -0.3 is 5.32 Å². The maximum Gasteiger partial charge on any atom is 0.0100 e. The Hall–Kier alpha value is -0.0400. The van der Waals surface area contributed by atoms with Gasteiger partial charge in [-0.1, -0.05) is 53.4 Å². The van der Waals surface area contributed by atoms with Crippen molar-refractivity contribution in [1.29, 1.82) is 0 Å². The monoisotopic (exact) mass is 225 g/mol. The van der Waals surface area contributed by atoms with Crippen LogP contribution in [0.2, 0.25) is 0 Å². The highest BCUT2D eigenvalue weighted by Crippen LogP contribution is 2.37. The molecule has 0 bridgehead atoms. The molecule has 0 saturated heterocycles. The number of rotatable bonds is 6. The lowest BCUT2D eigenvalue weighted by atomic mass is 9.69. The fourth-order valence-corrected chi connectivity index (χ4v) is 3.57. The van der Waals surface area contributed by atoms with Gasteiger partial charge in [0.2, 0.25) is 0 Å². The zero-order chi connectivity index (χ0) is 12.0. The molecular formula is C15H31N. The van der Waals surface area contributed by atoms with E-state index < -0.39 is 0 Å². The predicted octanol–water partition coefficient (Wildman–Crippen LogP) is 4.23. The molecule has 0 aliphatic heterocycles. The second-order valence-electron chi connectivity index (χ2n) is 5.81. The standard InChI is InChI=1S/C15H31N/c1-5-8-14(16-11-6-2)15-12(3)9-7-10-13(15)4/h12-16H,5-11H2,1-4H3. The summed E-state index contributed by atoms with van der Waals surface area (Å²) in [5.74, 6) is 2.76. The highest BCUT2D eigenvalue weighted by molar-refractivity contribution is 4.86. The summed E-state index contributed by atoms with van der Waals surface area (Å²) in [6.07, 6.45) is 8.28. The lowest BCUT2D eigenvalue weighted by Gasteiger charge is -2.40. The van der Waals surface area contributed by atoms with Gasteiger partial charge in [0.25, 0.3) is 0 Å². The second kappa shape index (κ2) is 7.32. The highest BCUT2D eigenvalue weighted by Gasteiger charge is 2.33. The third-order valence-corrected chi connectivity index (χ3v) is 4.35. The molecule has 0 aromatic rings. The average molecular weight is 225 g/mol. The fourth-order valence-electron chi connectivity index (χ4n) is 3.57. The zero-order valence-electron chi connectivity index (χ0n) is 11.8. The molecular weight excluding hydrogens is 194 g/mol. The predicted molar refractivity (Wildman–Crippen MR) is 72.7 cm³/mol. The van der Waals surface area contributed by atoms with Crippen LogP contribution in [0.25, 0.3) is 0 Å². The van der Waals surface area contributed by atoms with Gasteiger partial charge in [-0.25, -0.2) is 0 Å². The van der Waals surface area contributed by atoms with Gasteiger partial charge in [-0.15, -0.1) is 0 Å². The van der Waals surface area contributed by atoms with Gasteiger partial charge in [0, 0.05) is 6.04 Å². The van der Waals surface area contributed by atoms with Crippen molar-refractivity contribution in [2.24, 2.45) is 17.8 Å². The van der Waals surface area contributed by atoms with Crippen molar-refractivity contribution in [2.45, 2.75) is 72.3 Å². The van der Waals surface area contributed by atoms with Crippen LogP contribution in [0.4, 0.5) is 0 Å². The molecule has 0 radical (unpaired) electrons. The molecule has 1 aliphatic carbocycles. The summed E-state index contributed by atoms with van der Waals surface area (Å²) in [6.45, 7) is 10.7. The number of hydrogen-bond acceptors (Lipinski definition) is 1. The summed E-state index contributed by atoms with van der Waals surface area (Å²) < 4.78 is 0. The van der Waals surface area contributed by atoms with Gasteiger partial charge in [0.1, 0.15) is 0 Å². The Morgan fingerprint density at radius 2 is 1.69 bits per heavy atom. The molecule has 0 aromatic carbocycles. The van der Waals surface area contributed by atoms with Crippen molar-refractivity contribution >= 4 is 0 Å². The van der Waals surface area contributed by atoms with Crippen LogP contribution in [0.5, 0.6) is 0 Å². The van der Waals surface area contributed by atoms with Gasteiger partial charge in [0.05, 0.1) is 0 Å². The lowest BCUT2D eigenvalue weighted by molar-refractivity contribution is 0.125. The molecule has 1 fully saturated rings. The molecule has 1 aliphatic rings. The van der Waals surface area contributed by atoms with Crippen LogP contribution in [0, 0.1) is 17.8 Å². The smallest absolute Gasteiger partial charge is 0.0100 e. The van der Waals surface area contributed by atoms with Crippen molar-refractivity contribution in [3.8, 4) is 0 Å². The van der Waals surface area contributed by atoms with Gasteiger partial charge in [-0.05, 0) is 37.1 Å². The first-order valence-electron chi connectivity index (χ1n) is 7.44. The Balaban J connectivity index is 2.58. The van der Waals surface area contributed by atoms with Gasteiger partial charge >= 0.3 is 0 Å². The molecule has 3 unspecified atom stereocenters. The SMILES string of the molecule is CCCNC(CCC)C1C(C)CCCC1C. The molecule has 1 heteroatoms. The van der Waals surface area contributed by atoms with Crippen LogP contribution < -0.4 is 5.32 Å². The summed E-state index contributed by atoms with van der Waals surface area (Å²) in [6, 6.07) is 0.773. The van der Waals surface area contributed by atoms with Crippen LogP contribution >= 0.6 is 0 Å². The lowest BCUT2D eigenvalue weighted by Crippen LogP contribution is -2.44. The van der Waals surface area contributed by atoms with E-state index in [0.717, 1.165) is 23.8 Å². The highest BCUT2D eigenvalue weighted by atomic mass is 14.9. The fraction of sp³-hybridized carbons (Fsp3) is 1.00. The maximum absolute atomic E-state index is 3.80. The normalized spacial score (nSPS) is 32.6. The quantitative estimate of drug-likeness (QED) is 0.713. The Morgan fingerprint density at radius 3 is 2.19 bits per heavy atom. The Kier molecular flexibility index (Phi) is 6.41. The summed E-state index contributed by atoms with van der Waals surface area (Å²) in [5.41, 5.74) is 0. The molecule has 0 aromatic heterocycles. The Morgan fingerprint density at radius 1 is 1.06 bits per heavy atom. The summed E-state index contributed by atoms with van der Waals surface area (Å²) in [5, 5.41) is 3.80. The van der Waals surface area contributed by atoms with Crippen molar-refractivity contribution in [3.63, 3.8) is 0 Å². The minimum absolute atomic E-state index is 0.773. The largest absolute Gasteiger partial charge is 0.314 e.